The molecule has 0 radical (unpaired) electrons. The second-order valence-corrected chi connectivity index (χ2v) is 6.92. The molecule has 18 heavy (non-hydrogen) atoms. The largest absolute Gasteiger partial charge is 0.283 e. The van der Waals surface area contributed by atoms with Gasteiger partial charge in [0.1, 0.15) is 6.17 Å². The van der Waals surface area contributed by atoms with Gasteiger partial charge in [-0.25, -0.2) is 4.79 Å². The minimum absolute atomic E-state index is 0.0375. The van der Waals surface area contributed by atoms with Crippen molar-refractivity contribution in [3.8, 4) is 0 Å². The predicted molar refractivity (Wildman–Crippen MR) is 68.8 cm³/mol. The van der Waals surface area contributed by atoms with Crippen LogP contribution in [0.2, 0.25) is 0 Å². The Balaban J connectivity index is 3.08. The smallest absolute Gasteiger partial charge is 0.211 e. The molecule has 104 valence electrons. The molecule has 0 aromatic carbocycles. The molecule has 2 unspecified atom stereocenters. The molecule has 1 fully saturated rings. The highest BCUT2D eigenvalue weighted by Crippen LogP contribution is 2.27. The third kappa shape index (κ3) is 2.98. The van der Waals surface area contributed by atoms with Crippen LogP contribution < -0.4 is 0 Å². The van der Waals surface area contributed by atoms with E-state index in [0.29, 0.717) is 6.54 Å². The van der Waals surface area contributed by atoms with Crippen molar-refractivity contribution < 1.29 is 13.2 Å². The summed E-state index contributed by atoms with van der Waals surface area (Å²) in [6.45, 7) is 5.92. The minimum atomic E-state index is -3.57. The van der Waals surface area contributed by atoms with Crippen molar-refractivity contribution in [3.05, 3.63) is 0 Å². The molecule has 1 rings (SSSR count). The van der Waals surface area contributed by atoms with Crippen LogP contribution in [0.5, 0.6) is 0 Å². The summed E-state index contributed by atoms with van der Waals surface area (Å²) in [7, 11) is -2.03. The summed E-state index contributed by atoms with van der Waals surface area (Å²) in [5.41, 5.74) is 0. The van der Waals surface area contributed by atoms with E-state index in [-0.39, 0.29) is 12.0 Å². The van der Waals surface area contributed by atoms with Gasteiger partial charge in [-0.2, -0.15) is 22.0 Å². The summed E-state index contributed by atoms with van der Waals surface area (Å²) in [5.74, 6) is 0.0375. The maximum Gasteiger partial charge on any atom is 0.283 e. The lowest BCUT2D eigenvalue weighted by atomic mass is 9.98. The van der Waals surface area contributed by atoms with E-state index in [0.717, 1.165) is 12.8 Å². The molecule has 2 atom stereocenters. The van der Waals surface area contributed by atoms with Crippen LogP contribution in [-0.2, 0) is 15.0 Å². The number of hydrogen-bond acceptors (Lipinski definition) is 4. The number of isocyanates is 1. The van der Waals surface area contributed by atoms with E-state index in [2.05, 4.69) is 4.99 Å². The average molecular weight is 275 g/mol. The highest BCUT2D eigenvalue weighted by molar-refractivity contribution is 7.86. The zero-order chi connectivity index (χ0) is 13.9. The zero-order valence-corrected chi connectivity index (χ0v) is 12.1. The molecule has 0 aromatic heterocycles. The fraction of sp³-hybridized carbons (Fsp3) is 0.909. The third-order valence-corrected chi connectivity index (χ3v) is 5.56. The van der Waals surface area contributed by atoms with Crippen molar-refractivity contribution in [1.29, 1.82) is 0 Å². The number of aliphatic imine (C=N–C) groups is 1. The van der Waals surface area contributed by atoms with Gasteiger partial charge in [0.2, 0.25) is 6.08 Å². The molecule has 6 nitrogen and oxygen atoms in total. The zero-order valence-electron chi connectivity index (χ0n) is 11.3. The van der Waals surface area contributed by atoms with Crippen molar-refractivity contribution in [2.75, 3.05) is 13.6 Å². The highest BCUT2D eigenvalue weighted by atomic mass is 32.2. The standard InChI is InChI=1S/C11H21N3O3S/c1-9(2)13(4)18(16,17)14-7-5-6-10(3)11(14)12-8-15/h9-11H,5-7H2,1-4H3. The fourth-order valence-corrected chi connectivity index (χ4v) is 3.81. The third-order valence-electron chi connectivity index (χ3n) is 3.41. The van der Waals surface area contributed by atoms with Crippen molar-refractivity contribution in [3.63, 3.8) is 0 Å². The van der Waals surface area contributed by atoms with E-state index in [1.165, 1.54) is 14.7 Å². The molecule has 7 heteroatoms. The van der Waals surface area contributed by atoms with Gasteiger partial charge in [-0.05, 0) is 32.6 Å². The van der Waals surface area contributed by atoms with Crippen molar-refractivity contribution >= 4 is 16.3 Å². The van der Waals surface area contributed by atoms with Crippen molar-refractivity contribution in [2.45, 2.75) is 45.8 Å². The van der Waals surface area contributed by atoms with Gasteiger partial charge in [0.25, 0.3) is 10.2 Å². The molecule has 0 N–H and O–H groups in total. The molecular formula is C11H21N3O3S. The Morgan fingerprint density at radius 1 is 1.44 bits per heavy atom. The molecule has 0 aromatic rings. The van der Waals surface area contributed by atoms with Gasteiger partial charge in [-0.15, -0.1) is 0 Å². The first-order valence-corrected chi connectivity index (χ1v) is 7.53. The van der Waals surface area contributed by atoms with Crippen LogP contribution in [0.1, 0.15) is 33.6 Å². The van der Waals surface area contributed by atoms with Gasteiger partial charge >= 0.3 is 0 Å². The first-order chi connectivity index (χ1) is 8.32. The topological polar surface area (TPSA) is 70.1 Å². The first-order valence-electron chi connectivity index (χ1n) is 6.14. The van der Waals surface area contributed by atoms with E-state index in [4.69, 9.17) is 0 Å². The Hall–Kier alpha value is -0.750. The molecule has 1 aliphatic heterocycles. The highest BCUT2D eigenvalue weighted by Gasteiger charge is 2.39. The van der Waals surface area contributed by atoms with Crippen molar-refractivity contribution in [1.82, 2.24) is 8.61 Å². The molecule has 0 aliphatic carbocycles. The van der Waals surface area contributed by atoms with Crippen molar-refractivity contribution in [2.24, 2.45) is 10.9 Å². The minimum Gasteiger partial charge on any atom is -0.211 e. The Morgan fingerprint density at radius 3 is 2.56 bits per heavy atom. The van der Waals surface area contributed by atoms with Crippen LogP contribution in [0.4, 0.5) is 0 Å². The Labute approximate surface area is 109 Å². The monoisotopic (exact) mass is 275 g/mol. The second-order valence-electron chi connectivity index (χ2n) is 4.98. The van der Waals surface area contributed by atoms with Gasteiger partial charge in [0, 0.05) is 19.6 Å². The lowest BCUT2D eigenvalue weighted by Crippen LogP contribution is -2.52. The molecule has 0 bridgehead atoms. The summed E-state index contributed by atoms with van der Waals surface area (Å²) >= 11 is 0. The van der Waals surface area contributed by atoms with Crippen LogP contribution in [0.15, 0.2) is 4.99 Å². The lowest BCUT2D eigenvalue weighted by molar-refractivity contribution is 0.180. The quantitative estimate of drug-likeness (QED) is 0.567. The fourth-order valence-electron chi connectivity index (χ4n) is 2.06. The van der Waals surface area contributed by atoms with Crippen LogP contribution in [0.25, 0.3) is 0 Å². The van der Waals surface area contributed by atoms with Crippen LogP contribution in [0.3, 0.4) is 0 Å². The molecule has 1 heterocycles. The normalized spacial score (nSPS) is 26.3. The van der Waals surface area contributed by atoms with E-state index in [1.807, 2.05) is 20.8 Å². The maximum atomic E-state index is 12.4. The number of hydrogen-bond donors (Lipinski definition) is 0. The van der Waals surface area contributed by atoms with Gasteiger partial charge in [-0.1, -0.05) is 6.92 Å². The molecule has 0 saturated carbocycles. The Morgan fingerprint density at radius 2 is 2.06 bits per heavy atom. The summed E-state index contributed by atoms with van der Waals surface area (Å²) < 4.78 is 27.5. The number of rotatable bonds is 4. The summed E-state index contributed by atoms with van der Waals surface area (Å²) in [5, 5.41) is 0. The average Bonchev–Trinajstić information content (AvgIpc) is 2.30. The molecule has 1 aliphatic rings. The molecule has 0 spiro atoms. The number of carbonyl (C=O) groups excluding carboxylic acids is 1. The van der Waals surface area contributed by atoms with Gasteiger partial charge in [-0.3, -0.25) is 0 Å². The van der Waals surface area contributed by atoms with E-state index in [1.54, 1.807) is 7.05 Å². The number of piperidine rings is 1. The van der Waals surface area contributed by atoms with E-state index >= 15 is 0 Å². The molecule has 1 saturated heterocycles. The van der Waals surface area contributed by atoms with Crippen LogP contribution >= 0.6 is 0 Å². The summed E-state index contributed by atoms with van der Waals surface area (Å²) in [6, 6.07) is -0.131. The maximum absolute atomic E-state index is 12.4. The summed E-state index contributed by atoms with van der Waals surface area (Å²) in [6.07, 6.45) is 2.52. The van der Waals surface area contributed by atoms with E-state index in [9.17, 15) is 13.2 Å². The summed E-state index contributed by atoms with van der Waals surface area (Å²) in [4.78, 5) is 14.1. The lowest BCUT2D eigenvalue weighted by Gasteiger charge is -2.38. The van der Waals surface area contributed by atoms with Crippen LogP contribution in [-0.4, -0.2) is 48.9 Å². The SMILES string of the molecule is CC1CCCN(S(=O)(=O)N(C)C(C)C)C1N=C=O. The van der Waals surface area contributed by atoms with Crippen LogP contribution in [0, 0.1) is 5.92 Å². The van der Waals surface area contributed by atoms with Gasteiger partial charge in [0.15, 0.2) is 0 Å². The van der Waals surface area contributed by atoms with Gasteiger partial charge < -0.3 is 0 Å². The molecular weight excluding hydrogens is 254 g/mol. The first kappa shape index (κ1) is 15.3. The van der Waals surface area contributed by atoms with Gasteiger partial charge in [0.05, 0.1) is 0 Å². The molecule has 0 amide bonds. The number of nitrogens with zero attached hydrogens (tertiary/aromatic N) is 3. The predicted octanol–water partition coefficient (Wildman–Crippen LogP) is 0.965. The Bertz CT molecular complexity index is 429. The second kappa shape index (κ2) is 5.93. The van der Waals surface area contributed by atoms with E-state index < -0.39 is 16.4 Å². The Kier molecular flexibility index (Phi) is 5.04.